The standard InChI is InChI=1S/C11H10BrN3O2/c1-7(16)9-4-3-8(5-10(9)12)17-11-13-6-15(2)14-11/h3-6H,1-2H3. The first-order valence-electron chi connectivity index (χ1n) is 4.90. The molecule has 0 radical (unpaired) electrons. The van der Waals surface area contributed by atoms with Crippen LogP contribution in [0.2, 0.25) is 0 Å². The van der Waals surface area contributed by atoms with Gasteiger partial charge in [0, 0.05) is 17.1 Å². The molecule has 0 N–H and O–H groups in total. The minimum absolute atomic E-state index is 0.000568. The molecular formula is C11H10BrN3O2. The Hall–Kier alpha value is -1.69. The van der Waals surface area contributed by atoms with Crippen LogP contribution in [0.25, 0.3) is 0 Å². The van der Waals surface area contributed by atoms with Gasteiger partial charge < -0.3 is 4.74 Å². The van der Waals surface area contributed by atoms with Crippen molar-refractivity contribution in [3.63, 3.8) is 0 Å². The van der Waals surface area contributed by atoms with Crippen LogP contribution in [0.3, 0.4) is 0 Å². The zero-order valence-corrected chi connectivity index (χ0v) is 10.9. The van der Waals surface area contributed by atoms with Crippen molar-refractivity contribution in [2.45, 2.75) is 6.92 Å². The Kier molecular flexibility index (Phi) is 3.23. The largest absolute Gasteiger partial charge is 0.423 e. The van der Waals surface area contributed by atoms with Crippen LogP contribution in [-0.2, 0) is 7.05 Å². The Bertz CT molecular complexity index is 566. The zero-order chi connectivity index (χ0) is 12.4. The topological polar surface area (TPSA) is 57.0 Å². The van der Waals surface area contributed by atoms with Crippen LogP contribution >= 0.6 is 15.9 Å². The van der Waals surface area contributed by atoms with E-state index < -0.39 is 0 Å². The van der Waals surface area contributed by atoms with Gasteiger partial charge in [0.05, 0.1) is 0 Å². The zero-order valence-electron chi connectivity index (χ0n) is 9.35. The van der Waals surface area contributed by atoms with Crippen molar-refractivity contribution in [3.05, 3.63) is 34.6 Å². The molecule has 0 spiro atoms. The minimum atomic E-state index is -0.000568. The third kappa shape index (κ3) is 2.71. The summed E-state index contributed by atoms with van der Waals surface area (Å²) in [5.74, 6) is 0.576. The fourth-order valence-corrected chi connectivity index (χ4v) is 1.95. The summed E-state index contributed by atoms with van der Waals surface area (Å²) in [6.45, 7) is 1.51. The normalized spacial score (nSPS) is 10.3. The minimum Gasteiger partial charge on any atom is -0.423 e. The van der Waals surface area contributed by atoms with Gasteiger partial charge in [-0.05, 0) is 41.1 Å². The highest BCUT2D eigenvalue weighted by atomic mass is 79.9. The summed E-state index contributed by atoms with van der Waals surface area (Å²) in [6.07, 6.45) is 1.55. The molecule has 0 saturated heterocycles. The summed E-state index contributed by atoms with van der Waals surface area (Å²) >= 11 is 3.32. The second-order valence-corrected chi connectivity index (χ2v) is 4.36. The van der Waals surface area contributed by atoms with Gasteiger partial charge in [0.25, 0.3) is 0 Å². The highest BCUT2D eigenvalue weighted by molar-refractivity contribution is 9.10. The molecular weight excluding hydrogens is 286 g/mol. The van der Waals surface area contributed by atoms with Crippen LogP contribution in [0, 0.1) is 0 Å². The van der Waals surface area contributed by atoms with E-state index in [0.29, 0.717) is 15.8 Å². The lowest BCUT2D eigenvalue weighted by atomic mass is 10.1. The fourth-order valence-electron chi connectivity index (χ4n) is 1.32. The SMILES string of the molecule is CC(=O)c1ccc(Oc2ncn(C)n2)cc1Br. The lowest BCUT2D eigenvalue weighted by Gasteiger charge is -2.04. The fraction of sp³-hybridized carbons (Fsp3) is 0.182. The van der Waals surface area contributed by atoms with E-state index in [1.807, 2.05) is 0 Å². The quantitative estimate of drug-likeness (QED) is 0.817. The van der Waals surface area contributed by atoms with Gasteiger partial charge in [0.15, 0.2) is 5.78 Å². The number of ether oxygens (including phenoxy) is 1. The number of aromatic nitrogens is 3. The lowest BCUT2D eigenvalue weighted by molar-refractivity contribution is 0.101. The smallest absolute Gasteiger partial charge is 0.340 e. The molecule has 0 aliphatic heterocycles. The van der Waals surface area contributed by atoms with E-state index in [1.54, 1.807) is 36.3 Å². The number of Topliss-reactive ketones (excluding diaryl/α,β-unsaturated/α-hetero) is 1. The molecule has 0 unspecified atom stereocenters. The second kappa shape index (κ2) is 4.67. The van der Waals surface area contributed by atoms with Crippen molar-refractivity contribution in [2.24, 2.45) is 7.05 Å². The van der Waals surface area contributed by atoms with E-state index in [1.165, 1.54) is 6.92 Å². The predicted octanol–water partition coefficient (Wildman–Crippen LogP) is 2.57. The Morgan fingerprint density at radius 2 is 2.24 bits per heavy atom. The van der Waals surface area contributed by atoms with Crippen molar-refractivity contribution >= 4 is 21.7 Å². The molecule has 2 aromatic rings. The van der Waals surface area contributed by atoms with Crippen molar-refractivity contribution in [1.29, 1.82) is 0 Å². The van der Waals surface area contributed by atoms with Crippen molar-refractivity contribution in [1.82, 2.24) is 14.8 Å². The average Bonchev–Trinajstić information content (AvgIpc) is 2.63. The molecule has 1 aromatic carbocycles. The number of nitrogens with zero attached hydrogens (tertiary/aromatic N) is 3. The molecule has 0 amide bonds. The van der Waals surface area contributed by atoms with Crippen molar-refractivity contribution in [2.75, 3.05) is 0 Å². The maximum Gasteiger partial charge on any atom is 0.340 e. The highest BCUT2D eigenvalue weighted by Crippen LogP contribution is 2.25. The molecule has 88 valence electrons. The predicted molar refractivity (Wildman–Crippen MR) is 65.2 cm³/mol. The van der Waals surface area contributed by atoms with Crippen LogP contribution in [0.15, 0.2) is 29.0 Å². The summed E-state index contributed by atoms with van der Waals surface area (Å²) in [7, 11) is 1.76. The van der Waals surface area contributed by atoms with Crippen LogP contribution in [0.5, 0.6) is 11.8 Å². The first-order valence-corrected chi connectivity index (χ1v) is 5.69. The maximum absolute atomic E-state index is 11.2. The molecule has 0 aliphatic rings. The third-order valence-electron chi connectivity index (χ3n) is 2.11. The number of hydrogen-bond acceptors (Lipinski definition) is 4. The highest BCUT2D eigenvalue weighted by Gasteiger charge is 2.08. The molecule has 0 saturated carbocycles. The van der Waals surface area contributed by atoms with Crippen molar-refractivity contribution in [3.8, 4) is 11.8 Å². The Balaban J connectivity index is 2.23. The number of benzene rings is 1. The van der Waals surface area contributed by atoms with E-state index in [0.717, 1.165) is 0 Å². The maximum atomic E-state index is 11.2. The van der Waals surface area contributed by atoms with Gasteiger partial charge in [-0.15, -0.1) is 5.10 Å². The van der Waals surface area contributed by atoms with Crippen LogP contribution in [-0.4, -0.2) is 20.5 Å². The van der Waals surface area contributed by atoms with Gasteiger partial charge in [0.2, 0.25) is 0 Å². The van der Waals surface area contributed by atoms with Gasteiger partial charge in [-0.2, -0.15) is 4.98 Å². The third-order valence-corrected chi connectivity index (χ3v) is 2.76. The Labute approximate surface area is 107 Å². The molecule has 6 heteroatoms. The van der Waals surface area contributed by atoms with Gasteiger partial charge in [-0.25, -0.2) is 0 Å². The summed E-state index contributed by atoms with van der Waals surface area (Å²) in [5.41, 5.74) is 0.617. The molecule has 1 aromatic heterocycles. The van der Waals surface area contributed by atoms with E-state index in [4.69, 9.17) is 4.74 Å². The van der Waals surface area contributed by atoms with E-state index in [-0.39, 0.29) is 11.8 Å². The van der Waals surface area contributed by atoms with E-state index >= 15 is 0 Å². The first kappa shape index (κ1) is 11.8. The van der Waals surface area contributed by atoms with Crippen LogP contribution < -0.4 is 4.74 Å². The van der Waals surface area contributed by atoms with E-state index in [9.17, 15) is 4.79 Å². The first-order chi connectivity index (χ1) is 8.06. The number of rotatable bonds is 3. The summed E-state index contributed by atoms with van der Waals surface area (Å²) in [6, 6.07) is 5.39. The molecule has 17 heavy (non-hydrogen) atoms. The van der Waals surface area contributed by atoms with Gasteiger partial charge >= 0.3 is 6.01 Å². The number of carbonyl (C=O) groups is 1. The molecule has 0 atom stereocenters. The van der Waals surface area contributed by atoms with Gasteiger partial charge in [-0.1, -0.05) is 0 Å². The monoisotopic (exact) mass is 295 g/mol. The molecule has 0 fully saturated rings. The Morgan fingerprint density at radius 3 is 2.76 bits per heavy atom. The summed E-state index contributed by atoms with van der Waals surface area (Å²) < 4.78 is 7.67. The summed E-state index contributed by atoms with van der Waals surface area (Å²) in [5, 5.41) is 3.99. The van der Waals surface area contributed by atoms with Crippen molar-refractivity contribution < 1.29 is 9.53 Å². The Morgan fingerprint density at radius 1 is 1.47 bits per heavy atom. The molecule has 0 bridgehead atoms. The molecule has 1 heterocycles. The van der Waals surface area contributed by atoms with Gasteiger partial charge in [0.1, 0.15) is 12.1 Å². The number of ketones is 1. The average molecular weight is 296 g/mol. The lowest BCUT2D eigenvalue weighted by Crippen LogP contribution is -1.95. The second-order valence-electron chi connectivity index (χ2n) is 3.50. The van der Waals surface area contributed by atoms with Crippen LogP contribution in [0.4, 0.5) is 0 Å². The summed E-state index contributed by atoms with van der Waals surface area (Å²) in [4.78, 5) is 15.2. The molecule has 2 rings (SSSR count). The van der Waals surface area contributed by atoms with Crippen LogP contribution in [0.1, 0.15) is 17.3 Å². The van der Waals surface area contributed by atoms with E-state index in [2.05, 4.69) is 26.0 Å². The number of aryl methyl sites for hydroxylation is 1. The number of hydrogen-bond donors (Lipinski definition) is 0. The number of carbonyl (C=O) groups excluding carboxylic acids is 1. The number of halogens is 1. The molecule has 5 nitrogen and oxygen atoms in total. The van der Waals surface area contributed by atoms with Gasteiger partial charge in [-0.3, -0.25) is 9.48 Å². The molecule has 0 aliphatic carbocycles.